The van der Waals surface area contributed by atoms with Gasteiger partial charge in [0.1, 0.15) is 0 Å². The molecule has 0 saturated heterocycles. The van der Waals surface area contributed by atoms with E-state index in [-0.39, 0.29) is 6.42 Å². The molecular formula is C13H16N6O3. The van der Waals surface area contributed by atoms with Crippen molar-refractivity contribution < 1.29 is 14.6 Å². The van der Waals surface area contributed by atoms with E-state index >= 15 is 0 Å². The van der Waals surface area contributed by atoms with Gasteiger partial charge < -0.3 is 9.84 Å². The molecule has 0 amide bonds. The number of fused-ring (bicyclic) bond motifs is 1. The third-order valence-electron chi connectivity index (χ3n) is 3.59. The van der Waals surface area contributed by atoms with Gasteiger partial charge in [0.2, 0.25) is 5.88 Å². The molecule has 0 radical (unpaired) electrons. The van der Waals surface area contributed by atoms with Crippen LogP contribution in [0.5, 0.6) is 5.88 Å². The van der Waals surface area contributed by atoms with Gasteiger partial charge in [-0.15, -0.1) is 10.2 Å². The summed E-state index contributed by atoms with van der Waals surface area (Å²) in [6.45, 7) is 3.74. The quantitative estimate of drug-likeness (QED) is 0.724. The second-order valence-corrected chi connectivity index (χ2v) is 4.97. The van der Waals surface area contributed by atoms with E-state index in [9.17, 15) is 4.79 Å². The number of rotatable bonds is 5. The molecule has 9 heteroatoms. The summed E-state index contributed by atoms with van der Waals surface area (Å²) in [5.41, 5.74) is 3.17. The average molecular weight is 304 g/mol. The fraction of sp³-hybridized carbons (Fsp3) is 0.385. The third kappa shape index (κ3) is 2.20. The van der Waals surface area contributed by atoms with E-state index in [2.05, 4.69) is 20.4 Å². The van der Waals surface area contributed by atoms with Crippen LogP contribution in [0.4, 0.5) is 0 Å². The minimum Gasteiger partial charge on any atom is -0.481 e. The number of methoxy groups -OCH3 is 1. The number of aromatic amines is 1. The Balaban J connectivity index is 2.05. The van der Waals surface area contributed by atoms with Gasteiger partial charge in [0, 0.05) is 18.2 Å². The zero-order valence-electron chi connectivity index (χ0n) is 12.5. The number of carboxylic acid groups (broad SMARTS) is 1. The van der Waals surface area contributed by atoms with E-state index in [1.165, 1.54) is 0 Å². The number of ether oxygens (including phenoxy) is 1. The lowest BCUT2D eigenvalue weighted by atomic mass is 10.1. The predicted molar refractivity (Wildman–Crippen MR) is 76.4 cm³/mol. The molecule has 3 aromatic heterocycles. The summed E-state index contributed by atoms with van der Waals surface area (Å²) in [4.78, 5) is 10.8. The number of H-pyrrole nitrogens is 1. The number of nitrogens with zero attached hydrogens (tertiary/aromatic N) is 5. The number of carbonyl (C=O) groups is 1. The molecule has 0 aliphatic heterocycles. The topological polar surface area (TPSA) is 110 Å². The Morgan fingerprint density at radius 2 is 2.18 bits per heavy atom. The fourth-order valence-corrected chi connectivity index (χ4v) is 2.45. The first kappa shape index (κ1) is 14.1. The van der Waals surface area contributed by atoms with Gasteiger partial charge in [-0.2, -0.15) is 9.61 Å². The Bertz CT molecular complexity index is 844. The summed E-state index contributed by atoms with van der Waals surface area (Å²) in [6.07, 6.45) is 0.502. The Hall–Kier alpha value is -2.84. The van der Waals surface area contributed by atoms with E-state index in [4.69, 9.17) is 9.84 Å². The summed E-state index contributed by atoms with van der Waals surface area (Å²) >= 11 is 0. The largest absolute Gasteiger partial charge is 0.481 e. The van der Waals surface area contributed by atoms with Gasteiger partial charge in [0.25, 0.3) is 5.95 Å². The normalized spacial score (nSPS) is 11.2. The van der Waals surface area contributed by atoms with Gasteiger partial charge in [0.05, 0.1) is 12.8 Å². The lowest BCUT2D eigenvalue weighted by Crippen LogP contribution is -2.06. The molecule has 0 atom stereocenters. The monoisotopic (exact) mass is 304 g/mol. The molecule has 9 nitrogen and oxygen atoms in total. The van der Waals surface area contributed by atoms with Crippen molar-refractivity contribution in [3.05, 3.63) is 23.0 Å². The van der Waals surface area contributed by atoms with Crippen LogP contribution in [0.25, 0.3) is 11.6 Å². The first-order chi connectivity index (χ1) is 10.5. The molecule has 0 fully saturated rings. The van der Waals surface area contributed by atoms with Crippen molar-refractivity contribution in [2.45, 2.75) is 26.7 Å². The van der Waals surface area contributed by atoms with Crippen LogP contribution in [0.3, 0.4) is 0 Å². The highest BCUT2D eigenvalue weighted by Crippen LogP contribution is 2.20. The zero-order valence-corrected chi connectivity index (χ0v) is 12.5. The first-order valence-electron chi connectivity index (χ1n) is 6.76. The second-order valence-electron chi connectivity index (χ2n) is 4.97. The maximum Gasteiger partial charge on any atom is 0.303 e. The number of aliphatic carboxylic acids is 1. The molecule has 0 saturated carbocycles. The summed E-state index contributed by atoms with van der Waals surface area (Å²) in [5.74, 6) is 0.241. The number of nitrogens with one attached hydrogen (secondary N) is 1. The van der Waals surface area contributed by atoms with Crippen LogP contribution in [-0.2, 0) is 11.2 Å². The zero-order chi connectivity index (χ0) is 15.9. The van der Waals surface area contributed by atoms with Crippen molar-refractivity contribution in [2.24, 2.45) is 0 Å². The van der Waals surface area contributed by atoms with Crippen molar-refractivity contribution in [3.63, 3.8) is 0 Å². The lowest BCUT2D eigenvalue weighted by Gasteiger charge is -2.02. The summed E-state index contributed by atoms with van der Waals surface area (Å²) in [7, 11) is 1.56. The second kappa shape index (κ2) is 5.17. The van der Waals surface area contributed by atoms with E-state index in [1.54, 1.807) is 22.4 Å². The van der Waals surface area contributed by atoms with E-state index in [0.717, 1.165) is 17.0 Å². The first-order valence-corrected chi connectivity index (χ1v) is 6.76. The number of aryl methyl sites for hydroxylation is 1. The third-order valence-corrected chi connectivity index (χ3v) is 3.59. The Morgan fingerprint density at radius 3 is 2.86 bits per heavy atom. The Morgan fingerprint density at radius 1 is 1.41 bits per heavy atom. The highest BCUT2D eigenvalue weighted by Gasteiger charge is 2.18. The summed E-state index contributed by atoms with van der Waals surface area (Å²) in [6, 6.07) is 1.73. The molecule has 0 spiro atoms. The molecule has 0 aliphatic carbocycles. The molecule has 0 aromatic carbocycles. The van der Waals surface area contributed by atoms with Crippen LogP contribution >= 0.6 is 0 Å². The molecule has 2 N–H and O–H groups in total. The average Bonchev–Trinajstić information content (AvgIpc) is 3.10. The fourth-order valence-electron chi connectivity index (χ4n) is 2.45. The number of aromatic nitrogens is 6. The van der Waals surface area contributed by atoms with E-state index in [0.29, 0.717) is 23.9 Å². The Labute approximate surface area is 125 Å². The maximum absolute atomic E-state index is 10.8. The summed E-state index contributed by atoms with van der Waals surface area (Å²) in [5, 5.41) is 24.5. The minimum atomic E-state index is -0.828. The predicted octanol–water partition coefficient (Wildman–Crippen LogP) is 0.886. The number of carboxylic acids is 1. The maximum atomic E-state index is 10.8. The molecule has 3 aromatic rings. The van der Waals surface area contributed by atoms with Crippen LogP contribution < -0.4 is 4.74 Å². The van der Waals surface area contributed by atoms with Crippen molar-refractivity contribution in [2.75, 3.05) is 7.11 Å². The molecule has 116 valence electrons. The smallest absolute Gasteiger partial charge is 0.303 e. The SMILES string of the molecule is COc1cc2nnc(-n3nc(C)c(CCC(=O)O)c3C)n2[nH]1. The molecule has 3 rings (SSSR count). The summed E-state index contributed by atoms with van der Waals surface area (Å²) < 4.78 is 8.45. The van der Waals surface area contributed by atoms with Crippen LogP contribution in [-0.4, -0.2) is 47.8 Å². The molecule has 22 heavy (non-hydrogen) atoms. The number of hydrogen-bond acceptors (Lipinski definition) is 5. The van der Waals surface area contributed by atoms with Gasteiger partial charge in [0.15, 0.2) is 5.65 Å². The van der Waals surface area contributed by atoms with Crippen molar-refractivity contribution in [1.82, 2.24) is 29.6 Å². The van der Waals surface area contributed by atoms with Gasteiger partial charge >= 0.3 is 5.97 Å². The van der Waals surface area contributed by atoms with Crippen LogP contribution in [0.15, 0.2) is 6.07 Å². The molecule has 0 aliphatic rings. The molecule has 0 bridgehead atoms. The molecule has 0 unspecified atom stereocenters. The van der Waals surface area contributed by atoms with Crippen LogP contribution in [0.1, 0.15) is 23.4 Å². The minimum absolute atomic E-state index is 0.0684. The lowest BCUT2D eigenvalue weighted by molar-refractivity contribution is -0.136. The van der Waals surface area contributed by atoms with Crippen molar-refractivity contribution >= 4 is 11.6 Å². The number of hydrogen-bond donors (Lipinski definition) is 2. The van der Waals surface area contributed by atoms with Crippen LogP contribution in [0.2, 0.25) is 0 Å². The van der Waals surface area contributed by atoms with Gasteiger partial charge in [-0.3, -0.25) is 9.89 Å². The van der Waals surface area contributed by atoms with Gasteiger partial charge in [-0.1, -0.05) is 0 Å². The standard InChI is InChI=1S/C13H16N6O3/c1-7-9(4-5-12(20)21)8(2)18(16-7)13-15-14-10-6-11(22-3)17-19(10)13/h6,17H,4-5H2,1-3H3,(H,20,21). The van der Waals surface area contributed by atoms with E-state index in [1.807, 2.05) is 13.8 Å². The van der Waals surface area contributed by atoms with Crippen molar-refractivity contribution in [3.8, 4) is 11.8 Å². The highest BCUT2D eigenvalue weighted by atomic mass is 16.5. The van der Waals surface area contributed by atoms with Gasteiger partial charge in [-0.05, 0) is 25.8 Å². The molecular weight excluding hydrogens is 288 g/mol. The Kier molecular flexibility index (Phi) is 3.32. The highest BCUT2D eigenvalue weighted by molar-refractivity contribution is 5.67. The van der Waals surface area contributed by atoms with E-state index < -0.39 is 5.97 Å². The van der Waals surface area contributed by atoms with Crippen molar-refractivity contribution in [1.29, 1.82) is 0 Å². The van der Waals surface area contributed by atoms with Gasteiger partial charge in [-0.25, -0.2) is 4.68 Å². The van der Waals surface area contributed by atoms with Crippen LogP contribution in [0, 0.1) is 13.8 Å². The molecule has 3 heterocycles.